The summed E-state index contributed by atoms with van der Waals surface area (Å²) in [6, 6.07) is 8.27. The van der Waals surface area contributed by atoms with Crippen LogP contribution in [0.2, 0.25) is 0 Å². The topological polar surface area (TPSA) is 41.9 Å². The summed E-state index contributed by atoms with van der Waals surface area (Å²) in [5.74, 6) is 3.44. The number of ether oxygens (including phenoxy) is 2. The first-order chi connectivity index (χ1) is 12.2. The molecule has 0 amide bonds. The maximum Gasteiger partial charge on any atom is 0.119 e. The second-order valence-corrected chi connectivity index (χ2v) is 7.15. The Morgan fingerprint density at radius 2 is 2.00 bits per heavy atom. The van der Waals surface area contributed by atoms with Gasteiger partial charge < -0.3 is 14.6 Å². The van der Waals surface area contributed by atoms with Crippen molar-refractivity contribution in [3.8, 4) is 18.1 Å². The number of piperidine rings is 1. The Balaban J connectivity index is 1.48. The van der Waals surface area contributed by atoms with Crippen LogP contribution < -0.4 is 4.74 Å². The Morgan fingerprint density at radius 1 is 1.28 bits per heavy atom. The number of aliphatic hydroxyl groups excluding tert-OH is 1. The molecule has 1 aromatic rings. The van der Waals surface area contributed by atoms with Gasteiger partial charge >= 0.3 is 0 Å². The van der Waals surface area contributed by atoms with E-state index in [2.05, 4.69) is 23.0 Å². The van der Waals surface area contributed by atoms with E-state index in [1.54, 1.807) is 0 Å². The lowest BCUT2D eigenvalue weighted by atomic mass is 9.58. The molecule has 4 heteroatoms. The standard InChI is InChI=1S/C21H29NO3/c1-3-5-14-25-18-8-6-17(7-9-18)16-22-12-10-21(11-13-22)19(23)15-20(21)24-4-2/h1,6-9,19-20,23H,4-5,10-16H2,2H3. The first kappa shape index (κ1) is 18.3. The highest BCUT2D eigenvalue weighted by Crippen LogP contribution is 2.51. The Morgan fingerprint density at radius 3 is 2.60 bits per heavy atom. The van der Waals surface area contributed by atoms with Gasteiger partial charge in [-0.3, -0.25) is 4.90 Å². The van der Waals surface area contributed by atoms with E-state index >= 15 is 0 Å². The molecule has 2 fully saturated rings. The summed E-state index contributed by atoms with van der Waals surface area (Å²) in [5.41, 5.74) is 1.29. The van der Waals surface area contributed by atoms with Gasteiger partial charge in [-0.2, -0.15) is 0 Å². The first-order valence-corrected chi connectivity index (χ1v) is 9.35. The summed E-state index contributed by atoms with van der Waals surface area (Å²) in [7, 11) is 0. The highest BCUT2D eigenvalue weighted by molar-refractivity contribution is 5.27. The maximum atomic E-state index is 10.3. The number of hydrogen-bond donors (Lipinski definition) is 1. The monoisotopic (exact) mass is 343 g/mol. The zero-order valence-electron chi connectivity index (χ0n) is 15.1. The fourth-order valence-electron chi connectivity index (χ4n) is 4.12. The van der Waals surface area contributed by atoms with Gasteiger partial charge in [0, 0.05) is 31.4 Å². The van der Waals surface area contributed by atoms with Crippen LogP contribution in [0.3, 0.4) is 0 Å². The quantitative estimate of drug-likeness (QED) is 0.611. The molecule has 1 heterocycles. The minimum atomic E-state index is -0.189. The number of benzene rings is 1. The summed E-state index contributed by atoms with van der Waals surface area (Å²) in [5, 5.41) is 10.3. The van der Waals surface area contributed by atoms with E-state index in [1.807, 2.05) is 19.1 Å². The van der Waals surface area contributed by atoms with Crippen molar-refractivity contribution in [1.29, 1.82) is 0 Å². The smallest absolute Gasteiger partial charge is 0.119 e. The number of rotatable bonds is 7. The summed E-state index contributed by atoms with van der Waals surface area (Å²) in [6.45, 7) is 6.30. The fraction of sp³-hybridized carbons (Fsp3) is 0.619. The average Bonchev–Trinajstić information content (AvgIpc) is 2.64. The van der Waals surface area contributed by atoms with Crippen LogP contribution in [0.15, 0.2) is 24.3 Å². The lowest BCUT2D eigenvalue weighted by Crippen LogP contribution is -2.62. The van der Waals surface area contributed by atoms with E-state index < -0.39 is 0 Å². The summed E-state index contributed by atoms with van der Waals surface area (Å²) >= 11 is 0. The highest BCUT2D eigenvalue weighted by Gasteiger charge is 2.55. The molecule has 1 aliphatic carbocycles. The fourth-order valence-corrected chi connectivity index (χ4v) is 4.12. The minimum absolute atomic E-state index is 0.00123. The number of likely N-dealkylation sites (tertiary alicyclic amines) is 1. The van der Waals surface area contributed by atoms with Crippen LogP contribution in [0.4, 0.5) is 0 Å². The van der Waals surface area contributed by atoms with Crippen molar-refractivity contribution in [3.63, 3.8) is 0 Å². The molecule has 0 radical (unpaired) electrons. The summed E-state index contributed by atoms with van der Waals surface area (Å²) < 4.78 is 11.4. The molecule has 1 N–H and O–H groups in total. The summed E-state index contributed by atoms with van der Waals surface area (Å²) in [4.78, 5) is 2.47. The van der Waals surface area contributed by atoms with Crippen LogP contribution in [-0.2, 0) is 11.3 Å². The van der Waals surface area contributed by atoms with E-state index in [1.165, 1.54) is 5.56 Å². The van der Waals surface area contributed by atoms with Crippen molar-refractivity contribution < 1.29 is 14.6 Å². The number of terminal acetylenes is 1. The van der Waals surface area contributed by atoms with E-state index in [0.29, 0.717) is 13.0 Å². The second-order valence-electron chi connectivity index (χ2n) is 7.15. The van der Waals surface area contributed by atoms with Gasteiger partial charge in [-0.1, -0.05) is 12.1 Å². The number of hydrogen-bond acceptors (Lipinski definition) is 4. The third kappa shape index (κ3) is 4.00. The Hall–Kier alpha value is -1.54. The number of nitrogens with zero attached hydrogens (tertiary/aromatic N) is 1. The van der Waals surface area contributed by atoms with Crippen LogP contribution >= 0.6 is 0 Å². The molecular formula is C21H29NO3. The van der Waals surface area contributed by atoms with Crippen LogP contribution in [-0.4, -0.2) is 48.5 Å². The van der Waals surface area contributed by atoms with Gasteiger partial charge in [-0.05, 0) is 50.6 Å². The zero-order valence-corrected chi connectivity index (χ0v) is 15.1. The molecule has 2 unspecified atom stereocenters. The Labute approximate surface area is 151 Å². The van der Waals surface area contributed by atoms with Crippen molar-refractivity contribution in [1.82, 2.24) is 4.90 Å². The van der Waals surface area contributed by atoms with Crippen molar-refractivity contribution in [2.75, 3.05) is 26.3 Å². The van der Waals surface area contributed by atoms with Gasteiger partial charge in [0.15, 0.2) is 0 Å². The van der Waals surface area contributed by atoms with Crippen molar-refractivity contribution in [2.45, 2.75) is 51.4 Å². The van der Waals surface area contributed by atoms with Gasteiger partial charge in [0.25, 0.3) is 0 Å². The molecule has 4 nitrogen and oxygen atoms in total. The van der Waals surface area contributed by atoms with Crippen LogP contribution in [0, 0.1) is 17.8 Å². The molecule has 3 rings (SSSR count). The third-order valence-corrected chi connectivity index (χ3v) is 5.74. The molecule has 1 saturated heterocycles. The molecule has 0 aromatic heterocycles. The van der Waals surface area contributed by atoms with Gasteiger partial charge in [0.05, 0.1) is 18.8 Å². The molecule has 1 aromatic carbocycles. The van der Waals surface area contributed by atoms with E-state index in [4.69, 9.17) is 15.9 Å². The summed E-state index contributed by atoms with van der Waals surface area (Å²) in [6.07, 6.45) is 8.76. The predicted molar refractivity (Wildman–Crippen MR) is 98.4 cm³/mol. The van der Waals surface area contributed by atoms with Gasteiger partial charge in [-0.15, -0.1) is 12.3 Å². The lowest BCUT2D eigenvalue weighted by Gasteiger charge is -2.56. The van der Waals surface area contributed by atoms with Crippen molar-refractivity contribution in [2.24, 2.45) is 5.41 Å². The molecule has 1 spiro atoms. The maximum absolute atomic E-state index is 10.3. The second kappa shape index (κ2) is 8.23. The molecule has 25 heavy (non-hydrogen) atoms. The normalized spacial score (nSPS) is 25.3. The zero-order chi connectivity index (χ0) is 17.7. The largest absolute Gasteiger partial charge is 0.493 e. The minimum Gasteiger partial charge on any atom is -0.493 e. The van der Waals surface area contributed by atoms with E-state index in [9.17, 15) is 5.11 Å². The van der Waals surface area contributed by atoms with E-state index in [-0.39, 0.29) is 17.6 Å². The predicted octanol–water partition coefficient (Wildman–Crippen LogP) is 2.84. The molecule has 1 aliphatic heterocycles. The number of aliphatic hydroxyl groups is 1. The molecule has 0 bridgehead atoms. The average molecular weight is 343 g/mol. The van der Waals surface area contributed by atoms with Gasteiger partial charge in [0.1, 0.15) is 5.75 Å². The SMILES string of the molecule is C#CCCOc1ccc(CN2CCC3(CC2)C(O)CC3OCC)cc1. The lowest BCUT2D eigenvalue weighted by molar-refractivity contribution is -0.209. The third-order valence-electron chi connectivity index (χ3n) is 5.74. The molecule has 1 saturated carbocycles. The highest BCUT2D eigenvalue weighted by atomic mass is 16.5. The first-order valence-electron chi connectivity index (χ1n) is 9.35. The van der Waals surface area contributed by atoms with Gasteiger partial charge in [-0.25, -0.2) is 0 Å². The van der Waals surface area contributed by atoms with Gasteiger partial charge in [0.2, 0.25) is 0 Å². The van der Waals surface area contributed by atoms with Crippen LogP contribution in [0.1, 0.15) is 38.2 Å². The van der Waals surface area contributed by atoms with Crippen molar-refractivity contribution in [3.05, 3.63) is 29.8 Å². The van der Waals surface area contributed by atoms with Crippen LogP contribution in [0.5, 0.6) is 5.75 Å². The van der Waals surface area contributed by atoms with Crippen LogP contribution in [0.25, 0.3) is 0 Å². The Kier molecular flexibility index (Phi) is 6.01. The molecular weight excluding hydrogens is 314 g/mol. The Bertz CT molecular complexity index is 582. The molecule has 2 aliphatic rings. The van der Waals surface area contributed by atoms with E-state index in [0.717, 1.165) is 51.3 Å². The van der Waals surface area contributed by atoms with Crippen molar-refractivity contribution >= 4 is 0 Å². The molecule has 2 atom stereocenters. The molecule has 136 valence electrons.